The summed E-state index contributed by atoms with van der Waals surface area (Å²) in [6, 6.07) is 10.3. The molecule has 22 heavy (non-hydrogen) atoms. The number of hydrogen-bond acceptors (Lipinski definition) is 5. The molecule has 0 bridgehead atoms. The molecule has 0 radical (unpaired) electrons. The van der Waals surface area contributed by atoms with Crippen molar-refractivity contribution in [3.05, 3.63) is 68.2 Å². The van der Waals surface area contributed by atoms with Gasteiger partial charge in [0, 0.05) is 6.07 Å². The molecule has 2 N–H and O–H groups in total. The summed E-state index contributed by atoms with van der Waals surface area (Å²) in [5.74, 6) is -0.595. The van der Waals surface area contributed by atoms with Crippen LogP contribution in [-0.4, -0.2) is 22.2 Å². The second kappa shape index (κ2) is 6.81. The average molecular weight is 364 g/mol. The van der Waals surface area contributed by atoms with E-state index in [1.807, 2.05) is 0 Å². The number of hydrazone groups is 1. The molecule has 112 valence electrons. The Labute approximate surface area is 133 Å². The van der Waals surface area contributed by atoms with E-state index in [9.17, 15) is 20.0 Å². The van der Waals surface area contributed by atoms with Gasteiger partial charge in [-0.15, -0.1) is 0 Å². The van der Waals surface area contributed by atoms with Crippen LogP contribution < -0.4 is 5.43 Å². The molecule has 7 nitrogen and oxygen atoms in total. The Morgan fingerprint density at radius 2 is 2.05 bits per heavy atom. The van der Waals surface area contributed by atoms with Crippen molar-refractivity contribution in [1.29, 1.82) is 0 Å². The highest BCUT2D eigenvalue weighted by molar-refractivity contribution is 9.10. The van der Waals surface area contributed by atoms with Crippen LogP contribution in [0.1, 0.15) is 15.9 Å². The molecule has 1 amide bonds. The zero-order valence-electron chi connectivity index (χ0n) is 11.1. The van der Waals surface area contributed by atoms with E-state index in [1.54, 1.807) is 12.1 Å². The van der Waals surface area contributed by atoms with Crippen molar-refractivity contribution in [3.63, 3.8) is 0 Å². The van der Waals surface area contributed by atoms with E-state index >= 15 is 0 Å². The molecule has 0 aliphatic heterocycles. The first-order chi connectivity index (χ1) is 10.5. The number of benzene rings is 2. The van der Waals surface area contributed by atoms with Gasteiger partial charge in [0.25, 0.3) is 11.6 Å². The van der Waals surface area contributed by atoms with Crippen LogP contribution in [0.25, 0.3) is 0 Å². The molecule has 0 atom stereocenters. The van der Waals surface area contributed by atoms with Crippen LogP contribution in [0.15, 0.2) is 52.0 Å². The minimum absolute atomic E-state index is 0.0727. The Bertz CT molecular complexity index is 762. The van der Waals surface area contributed by atoms with Crippen LogP contribution in [-0.2, 0) is 0 Å². The summed E-state index contributed by atoms with van der Waals surface area (Å²) in [6.45, 7) is 0. The number of phenolic OH excluding ortho intramolecular Hbond substituents is 1. The topological polar surface area (TPSA) is 105 Å². The van der Waals surface area contributed by atoms with Gasteiger partial charge in [0.05, 0.1) is 15.6 Å². The summed E-state index contributed by atoms with van der Waals surface area (Å²) in [6.07, 6.45) is 1.36. The Balaban J connectivity index is 2.11. The lowest BCUT2D eigenvalue weighted by Crippen LogP contribution is -2.18. The molecule has 0 unspecified atom stereocenters. The van der Waals surface area contributed by atoms with E-state index in [2.05, 4.69) is 26.5 Å². The third kappa shape index (κ3) is 3.67. The molecule has 0 saturated heterocycles. The van der Waals surface area contributed by atoms with Crippen molar-refractivity contribution in [3.8, 4) is 5.75 Å². The van der Waals surface area contributed by atoms with E-state index in [0.29, 0.717) is 10.0 Å². The number of nitrogens with one attached hydrogen (secondary N) is 1. The Hall–Kier alpha value is -2.74. The number of nitrogens with zero attached hydrogens (tertiary/aromatic N) is 2. The Morgan fingerprint density at radius 3 is 2.73 bits per heavy atom. The first-order valence-corrected chi connectivity index (χ1v) is 6.83. The molecule has 0 saturated carbocycles. The predicted molar refractivity (Wildman–Crippen MR) is 84.0 cm³/mol. The van der Waals surface area contributed by atoms with E-state index in [1.165, 1.54) is 36.5 Å². The molecule has 0 aromatic heterocycles. The number of carbonyl (C=O) groups excluding carboxylic acids is 1. The molecule has 0 spiro atoms. The highest BCUT2D eigenvalue weighted by atomic mass is 79.9. The monoisotopic (exact) mass is 363 g/mol. The van der Waals surface area contributed by atoms with Crippen LogP contribution in [0.5, 0.6) is 5.75 Å². The van der Waals surface area contributed by atoms with Gasteiger partial charge >= 0.3 is 0 Å². The van der Waals surface area contributed by atoms with Crippen LogP contribution in [0.2, 0.25) is 0 Å². The van der Waals surface area contributed by atoms with E-state index < -0.39 is 10.8 Å². The largest absolute Gasteiger partial charge is 0.507 e. The van der Waals surface area contributed by atoms with Crippen molar-refractivity contribution >= 4 is 33.7 Å². The summed E-state index contributed by atoms with van der Waals surface area (Å²) in [4.78, 5) is 22.1. The zero-order chi connectivity index (χ0) is 16.1. The number of amides is 1. The number of aromatic hydroxyl groups is 1. The minimum atomic E-state index is -0.679. The third-order valence-electron chi connectivity index (χ3n) is 2.70. The van der Waals surface area contributed by atoms with Crippen LogP contribution in [0, 0.1) is 10.1 Å². The highest BCUT2D eigenvalue weighted by Gasteiger charge is 2.18. The Morgan fingerprint density at radius 1 is 1.32 bits per heavy atom. The lowest BCUT2D eigenvalue weighted by molar-refractivity contribution is -0.385. The van der Waals surface area contributed by atoms with Gasteiger partial charge < -0.3 is 5.11 Å². The van der Waals surface area contributed by atoms with Crippen LogP contribution in [0.4, 0.5) is 5.69 Å². The molecule has 0 fully saturated rings. The van der Waals surface area contributed by atoms with Gasteiger partial charge in [0.15, 0.2) is 0 Å². The first kappa shape index (κ1) is 15.6. The maximum atomic E-state index is 11.9. The third-order valence-corrected chi connectivity index (χ3v) is 3.33. The SMILES string of the molecule is O=C(N/N=C\c1ccc(O)c(Br)c1)c1ccccc1[N+](=O)[O-]. The lowest BCUT2D eigenvalue weighted by Gasteiger charge is -2.01. The van der Waals surface area contributed by atoms with E-state index in [-0.39, 0.29) is 17.0 Å². The van der Waals surface area contributed by atoms with Gasteiger partial charge in [-0.3, -0.25) is 14.9 Å². The maximum Gasteiger partial charge on any atom is 0.282 e. The smallest absolute Gasteiger partial charge is 0.282 e. The van der Waals surface area contributed by atoms with Crippen molar-refractivity contribution in [2.24, 2.45) is 5.10 Å². The van der Waals surface area contributed by atoms with Gasteiger partial charge in [-0.1, -0.05) is 12.1 Å². The van der Waals surface area contributed by atoms with E-state index in [0.717, 1.165) is 0 Å². The summed E-state index contributed by atoms with van der Waals surface area (Å²) < 4.78 is 0.487. The molecule has 2 aromatic rings. The molecular formula is C14H10BrN3O4. The Kier molecular flexibility index (Phi) is 4.84. The number of nitro benzene ring substituents is 1. The van der Waals surface area contributed by atoms with Crippen LogP contribution in [0.3, 0.4) is 0 Å². The number of nitro groups is 1. The zero-order valence-corrected chi connectivity index (χ0v) is 12.6. The summed E-state index contributed by atoms with van der Waals surface area (Å²) in [7, 11) is 0. The van der Waals surface area contributed by atoms with Gasteiger partial charge in [-0.2, -0.15) is 5.10 Å². The van der Waals surface area contributed by atoms with E-state index in [4.69, 9.17) is 0 Å². The van der Waals surface area contributed by atoms with Gasteiger partial charge in [-0.25, -0.2) is 5.43 Å². The summed E-state index contributed by atoms with van der Waals surface area (Å²) in [5.41, 5.74) is 2.50. The van der Waals surface area contributed by atoms with Crippen molar-refractivity contribution in [1.82, 2.24) is 5.43 Å². The molecule has 8 heteroatoms. The lowest BCUT2D eigenvalue weighted by atomic mass is 10.2. The number of phenols is 1. The second-order valence-corrected chi connectivity index (χ2v) is 5.04. The predicted octanol–water partition coefficient (Wildman–Crippen LogP) is 2.83. The molecule has 2 rings (SSSR count). The van der Waals surface area contributed by atoms with Gasteiger partial charge in [0.1, 0.15) is 11.3 Å². The second-order valence-electron chi connectivity index (χ2n) is 4.18. The van der Waals surface area contributed by atoms with Crippen molar-refractivity contribution < 1.29 is 14.8 Å². The minimum Gasteiger partial charge on any atom is -0.507 e. The first-order valence-electron chi connectivity index (χ1n) is 6.04. The normalized spacial score (nSPS) is 10.6. The van der Waals surface area contributed by atoms with Crippen LogP contribution >= 0.6 is 15.9 Å². The van der Waals surface area contributed by atoms with Crippen molar-refractivity contribution in [2.45, 2.75) is 0 Å². The molecule has 0 heterocycles. The number of carbonyl (C=O) groups is 1. The van der Waals surface area contributed by atoms with Gasteiger partial charge in [0.2, 0.25) is 0 Å². The highest BCUT2D eigenvalue weighted by Crippen LogP contribution is 2.23. The van der Waals surface area contributed by atoms with Gasteiger partial charge in [-0.05, 0) is 45.8 Å². The molecular weight excluding hydrogens is 354 g/mol. The number of halogens is 1. The number of para-hydroxylation sites is 1. The number of rotatable bonds is 4. The maximum absolute atomic E-state index is 11.9. The molecule has 0 aliphatic carbocycles. The molecule has 2 aromatic carbocycles. The fourth-order valence-electron chi connectivity index (χ4n) is 1.65. The van der Waals surface area contributed by atoms with Crippen molar-refractivity contribution in [2.75, 3.05) is 0 Å². The average Bonchev–Trinajstić information content (AvgIpc) is 2.50. The quantitative estimate of drug-likeness (QED) is 0.494. The fraction of sp³-hybridized carbons (Fsp3) is 0. The molecule has 0 aliphatic rings. The summed E-state index contributed by atoms with van der Waals surface area (Å²) >= 11 is 3.16. The standard InChI is InChI=1S/C14H10BrN3O4/c15-11-7-9(5-6-13(11)19)8-16-17-14(20)10-3-1-2-4-12(10)18(21)22/h1-8,19H,(H,17,20)/b16-8-. The fourth-order valence-corrected chi connectivity index (χ4v) is 2.05. The number of hydrogen-bond donors (Lipinski definition) is 2. The summed E-state index contributed by atoms with van der Waals surface area (Å²) in [5, 5.41) is 24.0.